The zero-order valence-electron chi connectivity index (χ0n) is 14.9. The van der Waals surface area contributed by atoms with E-state index in [0.29, 0.717) is 25.6 Å². The summed E-state index contributed by atoms with van der Waals surface area (Å²) in [5.41, 5.74) is 1.39. The van der Waals surface area contributed by atoms with E-state index in [1.54, 1.807) is 11.4 Å². The summed E-state index contributed by atoms with van der Waals surface area (Å²) in [6, 6.07) is 10.6. The molecule has 2 saturated heterocycles. The van der Waals surface area contributed by atoms with Gasteiger partial charge in [-0.1, -0.05) is 30.3 Å². The second-order valence-electron chi connectivity index (χ2n) is 6.83. The van der Waals surface area contributed by atoms with Gasteiger partial charge in [0.2, 0.25) is 10.0 Å². The Labute approximate surface area is 151 Å². The van der Waals surface area contributed by atoms with Crippen molar-refractivity contribution in [2.75, 3.05) is 45.5 Å². The fourth-order valence-corrected chi connectivity index (χ4v) is 5.23. The third kappa shape index (κ3) is 4.73. The molecule has 138 valence electrons. The van der Waals surface area contributed by atoms with Gasteiger partial charge in [0.25, 0.3) is 0 Å². The smallest absolute Gasteiger partial charge is 0.214 e. The lowest BCUT2D eigenvalue weighted by molar-refractivity contribution is 0.429. The van der Waals surface area contributed by atoms with Crippen LogP contribution in [0.3, 0.4) is 0 Å². The highest BCUT2D eigenvalue weighted by molar-refractivity contribution is 7.89. The third-order valence-corrected chi connectivity index (χ3v) is 6.97. The number of aliphatic imine (C=N–C) groups is 1. The maximum atomic E-state index is 11.8. The Morgan fingerprint density at radius 1 is 1.28 bits per heavy atom. The Hall–Kier alpha value is -1.60. The number of benzene rings is 1. The van der Waals surface area contributed by atoms with Crippen LogP contribution in [-0.2, 0) is 16.4 Å². The molecule has 2 aliphatic rings. The van der Waals surface area contributed by atoms with Crippen LogP contribution in [0.4, 0.5) is 0 Å². The maximum Gasteiger partial charge on any atom is 0.214 e. The van der Waals surface area contributed by atoms with Crippen LogP contribution < -0.4 is 5.32 Å². The first kappa shape index (κ1) is 18.2. The van der Waals surface area contributed by atoms with Gasteiger partial charge in [0, 0.05) is 39.8 Å². The SMILES string of the molecule is CN=C(NCCN1CCCS1(=O)=O)N1CCC(Cc2ccccc2)C1. The second-order valence-corrected chi connectivity index (χ2v) is 8.92. The van der Waals surface area contributed by atoms with Crippen LogP contribution in [0.1, 0.15) is 18.4 Å². The number of hydrogen-bond donors (Lipinski definition) is 1. The van der Waals surface area contributed by atoms with E-state index in [0.717, 1.165) is 38.3 Å². The van der Waals surface area contributed by atoms with Crippen LogP contribution >= 0.6 is 0 Å². The predicted molar refractivity (Wildman–Crippen MR) is 101 cm³/mol. The molecular formula is C18H28N4O2S. The van der Waals surface area contributed by atoms with Gasteiger partial charge in [-0.15, -0.1) is 0 Å². The first-order chi connectivity index (χ1) is 12.1. The van der Waals surface area contributed by atoms with Crippen molar-refractivity contribution in [1.82, 2.24) is 14.5 Å². The summed E-state index contributed by atoms with van der Waals surface area (Å²) in [6.45, 7) is 3.76. The molecule has 1 aromatic rings. The van der Waals surface area contributed by atoms with Crippen molar-refractivity contribution in [3.63, 3.8) is 0 Å². The molecule has 0 saturated carbocycles. The zero-order chi connectivity index (χ0) is 17.7. The van der Waals surface area contributed by atoms with Crippen molar-refractivity contribution >= 4 is 16.0 Å². The van der Waals surface area contributed by atoms with Crippen LogP contribution in [0.25, 0.3) is 0 Å². The van der Waals surface area contributed by atoms with E-state index < -0.39 is 10.0 Å². The molecule has 2 aliphatic heterocycles. The van der Waals surface area contributed by atoms with E-state index in [2.05, 4.69) is 45.5 Å². The zero-order valence-corrected chi connectivity index (χ0v) is 15.7. The Balaban J connectivity index is 1.46. The Kier molecular flexibility index (Phi) is 5.96. The van der Waals surface area contributed by atoms with Gasteiger partial charge < -0.3 is 10.2 Å². The van der Waals surface area contributed by atoms with Gasteiger partial charge in [0.15, 0.2) is 5.96 Å². The van der Waals surface area contributed by atoms with Crippen LogP contribution in [-0.4, -0.2) is 69.1 Å². The molecule has 6 nitrogen and oxygen atoms in total. The minimum absolute atomic E-state index is 0.287. The molecule has 0 amide bonds. The van der Waals surface area contributed by atoms with Crippen molar-refractivity contribution < 1.29 is 8.42 Å². The molecule has 7 heteroatoms. The lowest BCUT2D eigenvalue weighted by Crippen LogP contribution is -2.43. The van der Waals surface area contributed by atoms with E-state index in [9.17, 15) is 8.42 Å². The van der Waals surface area contributed by atoms with Gasteiger partial charge >= 0.3 is 0 Å². The fourth-order valence-electron chi connectivity index (χ4n) is 3.71. The minimum Gasteiger partial charge on any atom is -0.355 e. The molecule has 1 aromatic carbocycles. The fraction of sp³-hybridized carbons (Fsp3) is 0.611. The van der Waals surface area contributed by atoms with Crippen LogP contribution in [0.5, 0.6) is 0 Å². The number of rotatable bonds is 5. The molecule has 1 unspecified atom stereocenters. The number of nitrogens with one attached hydrogen (secondary N) is 1. The molecular weight excluding hydrogens is 336 g/mol. The molecule has 1 atom stereocenters. The van der Waals surface area contributed by atoms with Gasteiger partial charge in [-0.05, 0) is 30.7 Å². The summed E-state index contributed by atoms with van der Waals surface area (Å²) in [6.07, 6.45) is 3.00. The van der Waals surface area contributed by atoms with Gasteiger partial charge in [-0.25, -0.2) is 12.7 Å². The minimum atomic E-state index is -3.01. The predicted octanol–water partition coefficient (Wildman–Crippen LogP) is 1.16. The van der Waals surface area contributed by atoms with Crippen molar-refractivity contribution in [3.8, 4) is 0 Å². The summed E-state index contributed by atoms with van der Waals surface area (Å²) in [7, 11) is -1.22. The number of likely N-dealkylation sites (tertiary alicyclic amines) is 1. The van der Waals surface area contributed by atoms with Crippen molar-refractivity contribution in [1.29, 1.82) is 0 Å². The first-order valence-corrected chi connectivity index (χ1v) is 10.7. The topological polar surface area (TPSA) is 65.0 Å². The summed E-state index contributed by atoms with van der Waals surface area (Å²) in [4.78, 5) is 6.66. The monoisotopic (exact) mass is 364 g/mol. The van der Waals surface area contributed by atoms with Gasteiger partial charge in [0.05, 0.1) is 5.75 Å². The maximum absolute atomic E-state index is 11.8. The number of nitrogens with zero attached hydrogens (tertiary/aromatic N) is 3. The van der Waals surface area contributed by atoms with Gasteiger partial charge in [-0.3, -0.25) is 4.99 Å². The molecule has 2 heterocycles. The number of guanidine groups is 1. The highest BCUT2D eigenvalue weighted by Crippen LogP contribution is 2.21. The molecule has 1 N–H and O–H groups in total. The highest BCUT2D eigenvalue weighted by atomic mass is 32.2. The van der Waals surface area contributed by atoms with Crippen molar-refractivity contribution in [3.05, 3.63) is 35.9 Å². The molecule has 0 radical (unpaired) electrons. The van der Waals surface area contributed by atoms with Crippen LogP contribution in [0.2, 0.25) is 0 Å². The van der Waals surface area contributed by atoms with E-state index in [4.69, 9.17) is 0 Å². The molecule has 0 bridgehead atoms. The van der Waals surface area contributed by atoms with E-state index in [1.807, 2.05) is 0 Å². The van der Waals surface area contributed by atoms with Crippen molar-refractivity contribution in [2.24, 2.45) is 10.9 Å². The average Bonchev–Trinajstić information content (AvgIpc) is 3.19. The number of hydrogen-bond acceptors (Lipinski definition) is 3. The molecule has 2 fully saturated rings. The van der Waals surface area contributed by atoms with Gasteiger partial charge in [0.1, 0.15) is 0 Å². The quantitative estimate of drug-likeness (QED) is 0.629. The normalized spacial score (nSPS) is 24.0. The second kappa shape index (κ2) is 8.19. The van der Waals surface area contributed by atoms with Crippen LogP contribution in [0, 0.1) is 5.92 Å². The average molecular weight is 365 g/mol. The Bertz CT molecular complexity index is 690. The van der Waals surface area contributed by atoms with Gasteiger partial charge in [-0.2, -0.15) is 0 Å². The first-order valence-electron chi connectivity index (χ1n) is 9.06. The largest absolute Gasteiger partial charge is 0.355 e. The standard InChI is InChI=1S/C18H28N4O2S/c1-19-18(20-9-12-22-10-5-13-25(22,23)24)21-11-8-17(15-21)14-16-6-3-2-4-7-16/h2-4,6-7,17H,5,8-15H2,1H3,(H,19,20). The summed E-state index contributed by atoms with van der Waals surface area (Å²) in [5, 5.41) is 3.33. The Morgan fingerprint density at radius 3 is 2.76 bits per heavy atom. The lowest BCUT2D eigenvalue weighted by Gasteiger charge is -2.23. The van der Waals surface area contributed by atoms with E-state index in [1.165, 1.54) is 5.56 Å². The molecule has 3 rings (SSSR count). The summed E-state index contributed by atoms with van der Waals surface area (Å²) < 4.78 is 25.3. The molecule has 0 aliphatic carbocycles. The van der Waals surface area contributed by atoms with Crippen LogP contribution in [0.15, 0.2) is 35.3 Å². The molecule has 0 spiro atoms. The summed E-state index contributed by atoms with van der Waals surface area (Å²) >= 11 is 0. The van der Waals surface area contributed by atoms with E-state index >= 15 is 0 Å². The number of sulfonamides is 1. The van der Waals surface area contributed by atoms with E-state index in [-0.39, 0.29) is 5.75 Å². The third-order valence-electron chi connectivity index (χ3n) is 5.01. The van der Waals surface area contributed by atoms with Crippen molar-refractivity contribution in [2.45, 2.75) is 19.3 Å². The summed E-state index contributed by atoms with van der Waals surface area (Å²) in [5.74, 6) is 1.81. The molecule has 0 aromatic heterocycles. The Morgan fingerprint density at radius 2 is 2.08 bits per heavy atom. The molecule has 25 heavy (non-hydrogen) atoms. The lowest BCUT2D eigenvalue weighted by atomic mass is 9.99. The highest BCUT2D eigenvalue weighted by Gasteiger charge is 2.28.